The van der Waals surface area contributed by atoms with Crippen LogP contribution in [0.2, 0.25) is 5.02 Å². The third-order valence-corrected chi connectivity index (χ3v) is 7.58. The van der Waals surface area contributed by atoms with E-state index < -0.39 is 0 Å². The van der Waals surface area contributed by atoms with E-state index in [4.69, 9.17) is 16.6 Å². The molecule has 2 aliphatic rings. The van der Waals surface area contributed by atoms with E-state index in [1.54, 1.807) is 0 Å². The lowest BCUT2D eigenvalue weighted by Crippen LogP contribution is -2.35. The highest BCUT2D eigenvalue weighted by atomic mass is 35.5. The number of aromatic nitrogens is 2. The molecule has 0 unspecified atom stereocenters. The molecule has 2 aliphatic heterocycles. The molecule has 1 fully saturated rings. The summed E-state index contributed by atoms with van der Waals surface area (Å²) in [4.78, 5) is 12.4. The summed E-state index contributed by atoms with van der Waals surface area (Å²) in [6.45, 7) is 6.67. The lowest BCUT2D eigenvalue weighted by molar-refractivity contribution is 0.254. The van der Waals surface area contributed by atoms with Crippen LogP contribution < -0.4 is 0 Å². The minimum Gasteiger partial charge on any atom is -0.338 e. The zero-order valence-corrected chi connectivity index (χ0v) is 19.0. The van der Waals surface area contributed by atoms with Crippen LogP contribution in [-0.4, -0.2) is 31.4 Å². The second-order valence-corrected chi connectivity index (χ2v) is 9.40. The second-order valence-electron chi connectivity index (χ2n) is 7.97. The van der Waals surface area contributed by atoms with Crippen molar-refractivity contribution in [2.24, 2.45) is 4.99 Å². The zero-order valence-electron chi connectivity index (χ0n) is 17.4. The number of aliphatic imine (C=N–C) groups is 1. The largest absolute Gasteiger partial charge is 0.338 e. The van der Waals surface area contributed by atoms with E-state index in [0.717, 1.165) is 28.6 Å². The molecular weight excluding hydrogens is 412 g/mol. The van der Waals surface area contributed by atoms with Gasteiger partial charge >= 0.3 is 0 Å². The van der Waals surface area contributed by atoms with Gasteiger partial charge in [-0.05, 0) is 68.3 Å². The van der Waals surface area contributed by atoms with E-state index in [1.807, 2.05) is 36.2 Å². The summed E-state index contributed by atoms with van der Waals surface area (Å²) >= 11 is 8.01. The van der Waals surface area contributed by atoms with Crippen LogP contribution in [0, 0.1) is 13.8 Å². The van der Waals surface area contributed by atoms with Gasteiger partial charge in [0.25, 0.3) is 0 Å². The van der Waals surface area contributed by atoms with Crippen molar-refractivity contribution in [3.8, 4) is 5.69 Å². The van der Waals surface area contributed by atoms with Gasteiger partial charge in [-0.25, -0.2) is 0 Å². The highest BCUT2D eigenvalue weighted by Crippen LogP contribution is 2.49. The number of thioether (sulfide) groups is 1. The molecule has 0 bridgehead atoms. The summed E-state index contributed by atoms with van der Waals surface area (Å²) in [5, 5.41) is 1.92. The number of halogens is 1. The van der Waals surface area contributed by atoms with E-state index in [0.29, 0.717) is 6.04 Å². The number of fused-ring (bicyclic) bond motifs is 1. The summed E-state index contributed by atoms with van der Waals surface area (Å²) in [7, 11) is 0. The maximum absolute atomic E-state index is 6.13. The molecule has 154 valence electrons. The Hall–Kier alpha value is -2.24. The number of rotatable bonds is 4. The van der Waals surface area contributed by atoms with Gasteiger partial charge in [-0.1, -0.05) is 36.4 Å². The van der Waals surface area contributed by atoms with Crippen LogP contribution in [-0.2, 0) is 0 Å². The topological polar surface area (TPSA) is 33.4 Å². The number of hydrogen-bond donors (Lipinski definition) is 0. The first-order chi connectivity index (χ1) is 14.6. The molecule has 30 heavy (non-hydrogen) atoms. The van der Waals surface area contributed by atoms with Gasteiger partial charge in [0.2, 0.25) is 0 Å². The SMILES string of the molecule is CC[C@H]1CSC2=N[C@H](c3ccccn3)[C@@H](c3cc(C)n(-c4ccc(Cl)cc4)c3C)N21. The van der Waals surface area contributed by atoms with Gasteiger partial charge in [-0.3, -0.25) is 9.98 Å². The summed E-state index contributed by atoms with van der Waals surface area (Å²) in [6, 6.07) is 17.2. The van der Waals surface area contributed by atoms with E-state index in [-0.39, 0.29) is 12.1 Å². The van der Waals surface area contributed by atoms with Crippen molar-refractivity contribution in [3.05, 3.63) is 82.4 Å². The Labute approximate surface area is 187 Å². The minimum atomic E-state index is 0.0159. The van der Waals surface area contributed by atoms with E-state index >= 15 is 0 Å². The third kappa shape index (κ3) is 3.15. The molecule has 3 atom stereocenters. The molecule has 0 spiro atoms. The fraction of sp³-hybridized carbons (Fsp3) is 0.333. The lowest BCUT2D eigenvalue weighted by Gasteiger charge is -2.32. The van der Waals surface area contributed by atoms with Gasteiger partial charge in [-0.15, -0.1) is 0 Å². The van der Waals surface area contributed by atoms with Crippen molar-refractivity contribution in [2.75, 3.05) is 5.75 Å². The van der Waals surface area contributed by atoms with Crippen molar-refractivity contribution in [2.45, 2.75) is 45.3 Å². The molecule has 4 heterocycles. The quantitative estimate of drug-likeness (QED) is 0.493. The normalized spacial score (nSPS) is 23.0. The average molecular weight is 437 g/mol. The van der Waals surface area contributed by atoms with E-state index in [1.165, 1.54) is 22.1 Å². The van der Waals surface area contributed by atoms with Crippen LogP contribution in [0.25, 0.3) is 5.69 Å². The maximum Gasteiger partial charge on any atom is 0.160 e. The molecule has 0 aliphatic carbocycles. The molecule has 0 radical (unpaired) electrons. The van der Waals surface area contributed by atoms with Gasteiger partial charge in [0.15, 0.2) is 5.17 Å². The van der Waals surface area contributed by atoms with Crippen molar-refractivity contribution < 1.29 is 0 Å². The third-order valence-electron chi connectivity index (χ3n) is 6.20. The predicted octanol–water partition coefficient (Wildman–Crippen LogP) is 6.12. The van der Waals surface area contributed by atoms with E-state index in [9.17, 15) is 0 Å². The Bertz CT molecular complexity index is 1090. The van der Waals surface area contributed by atoms with Gasteiger partial charge in [0.05, 0.1) is 11.7 Å². The van der Waals surface area contributed by atoms with Crippen molar-refractivity contribution >= 4 is 28.5 Å². The average Bonchev–Trinajstić information content (AvgIpc) is 3.41. The highest BCUT2D eigenvalue weighted by Gasteiger charge is 2.46. The summed E-state index contributed by atoms with van der Waals surface area (Å²) in [5.41, 5.74) is 5.98. The van der Waals surface area contributed by atoms with Crippen LogP contribution in [0.4, 0.5) is 0 Å². The Morgan fingerprint density at radius 3 is 2.63 bits per heavy atom. The monoisotopic (exact) mass is 436 g/mol. The van der Waals surface area contributed by atoms with Gasteiger partial charge < -0.3 is 9.47 Å². The summed E-state index contributed by atoms with van der Waals surface area (Å²) < 4.78 is 2.32. The van der Waals surface area contributed by atoms with Crippen molar-refractivity contribution in [1.29, 1.82) is 0 Å². The molecule has 1 aromatic carbocycles. The van der Waals surface area contributed by atoms with E-state index in [2.05, 4.69) is 65.6 Å². The molecule has 0 saturated carbocycles. The van der Waals surface area contributed by atoms with Gasteiger partial charge in [0.1, 0.15) is 6.04 Å². The first kappa shape index (κ1) is 19.7. The Balaban J connectivity index is 1.63. The molecule has 3 aromatic rings. The molecule has 5 rings (SSSR count). The molecule has 0 N–H and O–H groups in total. The van der Waals surface area contributed by atoms with Crippen LogP contribution in [0.15, 0.2) is 59.7 Å². The smallest absolute Gasteiger partial charge is 0.160 e. The summed E-state index contributed by atoms with van der Waals surface area (Å²) in [6.07, 6.45) is 2.99. The Morgan fingerprint density at radius 2 is 1.93 bits per heavy atom. The second kappa shape index (κ2) is 7.78. The molecule has 0 amide bonds. The Morgan fingerprint density at radius 1 is 1.13 bits per heavy atom. The number of pyridine rings is 1. The van der Waals surface area contributed by atoms with Crippen molar-refractivity contribution in [1.82, 2.24) is 14.5 Å². The molecular formula is C24H25ClN4S. The molecule has 4 nitrogen and oxygen atoms in total. The Kier molecular flexibility index (Phi) is 5.11. The minimum absolute atomic E-state index is 0.0159. The van der Waals surface area contributed by atoms with Gasteiger partial charge in [-0.2, -0.15) is 0 Å². The highest BCUT2D eigenvalue weighted by molar-refractivity contribution is 8.14. The van der Waals surface area contributed by atoms with Crippen LogP contribution in [0.3, 0.4) is 0 Å². The number of aryl methyl sites for hydroxylation is 1. The fourth-order valence-corrected chi connectivity index (χ4v) is 6.22. The summed E-state index contributed by atoms with van der Waals surface area (Å²) in [5.74, 6) is 1.11. The number of nitrogens with zero attached hydrogens (tertiary/aromatic N) is 4. The fourth-order valence-electron chi connectivity index (χ4n) is 4.76. The zero-order chi connectivity index (χ0) is 20.8. The van der Waals surface area contributed by atoms with Crippen molar-refractivity contribution in [3.63, 3.8) is 0 Å². The first-order valence-electron chi connectivity index (χ1n) is 10.4. The van der Waals surface area contributed by atoms with Crippen LogP contribution in [0.1, 0.15) is 48.1 Å². The first-order valence-corrected chi connectivity index (χ1v) is 11.8. The number of benzene rings is 1. The van der Waals surface area contributed by atoms with Crippen LogP contribution >= 0.6 is 23.4 Å². The van der Waals surface area contributed by atoms with Crippen LogP contribution in [0.5, 0.6) is 0 Å². The molecule has 1 saturated heterocycles. The molecule has 6 heteroatoms. The maximum atomic E-state index is 6.13. The molecule has 2 aromatic heterocycles. The standard InChI is InChI=1S/C24H25ClN4S/c1-4-18-14-30-24-27-22(21-7-5-6-12-26-21)23(29(18)24)20-13-15(2)28(16(20)3)19-10-8-17(25)9-11-19/h5-13,18,22-23H,4,14H2,1-3H3/t18-,22+,23+/m0/s1. The lowest BCUT2D eigenvalue weighted by atomic mass is 9.95. The number of amidine groups is 1. The van der Waals surface area contributed by atoms with Gasteiger partial charge in [0, 0.05) is 40.1 Å². The predicted molar refractivity (Wildman–Crippen MR) is 126 cm³/mol. The number of hydrogen-bond acceptors (Lipinski definition) is 4.